The lowest BCUT2D eigenvalue weighted by atomic mass is 9.82. The van der Waals surface area contributed by atoms with Crippen LogP contribution < -0.4 is 10.1 Å². The van der Waals surface area contributed by atoms with Crippen molar-refractivity contribution in [3.63, 3.8) is 0 Å². The minimum absolute atomic E-state index is 0.0110. The number of rotatable bonds is 10. The fourth-order valence-electron chi connectivity index (χ4n) is 6.47. The summed E-state index contributed by atoms with van der Waals surface area (Å²) in [6, 6.07) is 17.8. The lowest BCUT2D eigenvalue weighted by molar-refractivity contribution is -0.132. The van der Waals surface area contributed by atoms with Crippen molar-refractivity contribution < 1.29 is 27.5 Å². The third-order valence-corrected chi connectivity index (χ3v) is 9.09. The summed E-state index contributed by atoms with van der Waals surface area (Å²) in [6.07, 6.45) is 3.67. The maximum atomic E-state index is 14.5. The third-order valence-electron chi connectivity index (χ3n) is 9.09. The lowest BCUT2D eigenvalue weighted by Crippen LogP contribution is -2.61. The SMILES string of the molecule is CC(=O)N1C[C@H]2CC(c3ccc(CCCOc4c(F)ccc(F)c4F)cc3)=C(C(=O)N(Cc3ccccc3C)C3CC3)[C@@H](C1)N2. The van der Waals surface area contributed by atoms with Crippen LogP contribution in [0, 0.1) is 24.4 Å². The zero-order chi connectivity index (χ0) is 31.7. The molecule has 6 nitrogen and oxygen atoms in total. The van der Waals surface area contributed by atoms with Gasteiger partial charge in [0.2, 0.25) is 11.7 Å². The van der Waals surface area contributed by atoms with Gasteiger partial charge in [-0.2, -0.15) is 4.39 Å². The molecule has 1 saturated carbocycles. The Balaban J connectivity index is 1.23. The van der Waals surface area contributed by atoms with Gasteiger partial charge in [-0.25, -0.2) is 8.78 Å². The normalized spacial score (nSPS) is 19.4. The number of fused-ring (bicyclic) bond motifs is 2. The second-order valence-electron chi connectivity index (χ2n) is 12.3. The molecule has 0 radical (unpaired) electrons. The van der Waals surface area contributed by atoms with Gasteiger partial charge in [-0.1, -0.05) is 48.5 Å². The molecule has 0 unspecified atom stereocenters. The van der Waals surface area contributed by atoms with Crippen molar-refractivity contribution in [2.24, 2.45) is 0 Å². The predicted molar refractivity (Wildman–Crippen MR) is 166 cm³/mol. The van der Waals surface area contributed by atoms with Crippen molar-refractivity contribution in [3.05, 3.63) is 106 Å². The van der Waals surface area contributed by atoms with Crippen LogP contribution in [0.4, 0.5) is 13.2 Å². The zero-order valence-corrected chi connectivity index (χ0v) is 25.6. The molecule has 236 valence electrons. The van der Waals surface area contributed by atoms with Crippen molar-refractivity contribution in [3.8, 4) is 5.75 Å². The molecule has 2 heterocycles. The maximum absolute atomic E-state index is 14.5. The van der Waals surface area contributed by atoms with Gasteiger partial charge in [-0.05, 0) is 79.0 Å². The standard InChI is InChI=1S/C36H38F3N3O3/c1-22-6-3-4-8-26(22)19-42(28-13-14-28)36(44)33-29(18-27-20-41(23(2)43)21-32(33)40-27)25-11-9-24(10-12-25)7-5-17-45-35-31(38)16-15-30(37)34(35)39/h3-4,6,8-12,15-16,27-28,32,40H,5,7,13-14,17-21H2,1-2H3/t27-,32-/m1/s1. The van der Waals surface area contributed by atoms with Gasteiger partial charge in [0, 0.05) is 44.2 Å². The number of ether oxygens (including phenoxy) is 1. The number of benzene rings is 3. The summed E-state index contributed by atoms with van der Waals surface area (Å²) in [5.74, 6) is -4.07. The van der Waals surface area contributed by atoms with Gasteiger partial charge in [0.1, 0.15) is 0 Å². The molecule has 0 aromatic heterocycles. The Morgan fingerprint density at radius 2 is 1.71 bits per heavy atom. The van der Waals surface area contributed by atoms with Crippen molar-refractivity contribution in [2.45, 2.75) is 70.6 Å². The molecule has 9 heteroatoms. The number of carbonyl (C=O) groups excluding carboxylic acids is 2. The van der Waals surface area contributed by atoms with Crippen LogP contribution in [0.2, 0.25) is 0 Å². The molecule has 1 saturated heterocycles. The largest absolute Gasteiger partial charge is 0.488 e. The molecular weight excluding hydrogens is 579 g/mol. The summed E-state index contributed by atoms with van der Waals surface area (Å²) >= 11 is 0. The fourth-order valence-corrected chi connectivity index (χ4v) is 6.47. The quantitative estimate of drug-likeness (QED) is 0.225. The average molecular weight is 618 g/mol. The number of aryl methyl sites for hydroxylation is 2. The van der Waals surface area contributed by atoms with E-state index in [1.807, 2.05) is 46.2 Å². The van der Waals surface area contributed by atoms with Crippen LogP contribution in [0.5, 0.6) is 5.75 Å². The number of nitrogens with zero attached hydrogens (tertiary/aromatic N) is 2. The van der Waals surface area contributed by atoms with E-state index in [1.54, 1.807) is 6.92 Å². The van der Waals surface area contributed by atoms with E-state index in [1.165, 1.54) is 0 Å². The minimum Gasteiger partial charge on any atom is -0.488 e. The number of amides is 2. The van der Waals surface area contributed by atoms with Gasteiger partial charge >= 0.3 is 0 Å². The van der Waals surface area contributed by atoms with Crippen LogP contribution >= 0.6 is 0 Å². The summed E-state index contributed by atoms with van der Waals surface area (Å²) in [5, 5.41) is 3.64. The van der Waals surface area contributed by atoms with Gasteiger partial charge in [-0.15, -0.1) is 0 Å². The Bertz CT molecular complexity index is 1620. The van der Waals surface area contributed by atoms with Gasteiger partial charge in [0.25, 0.3) is 5.91 Å². The first kappa shape index (κ1) is 30.9. The first-order valence-electron chi connectivity index (χ1n) is 15.6. The van der Waals surface area contributed by atoms with E-state index < -0.39 is 23.2 Å². The second-order valence-corrected chi connectivity index (χ2v) is 12.3. The van der Waals surface area contributed by atoms with Crippen LogP contribution in [-0.4, -0.2) is 59.4 Å². The molecule has 6 rings (SSSR count). The summed E-state index contributed by atoms with van der Waals surface area (Å²) < 4.78 is 46.5. The molecule has 2 fully saturated rings. The minimum atomic E-state index is -1.32. The van der Waals surface area contributed by atoms with Gasteiger partial charge < -0.3 is 19.9 Å². The van der Waals surface area contributed by atoms with Gasteiger partial charge in [-0.3, -0.25) is 9.59 Å². The van der Waals surface area contributed by atoms with E-state index in [0.29, 0.717) is 38.9 Å². The van der Waals surface area contributed by atoms with Gasteiger partial charge in [0.15, 0.2) is 17.4 Å². The molecule has 3 aliphatic rings. The molecule has 1 N–H and O–H groups in total. The van der Waals surface area contributed by atoms with E-state index in [2.05, 4.69) is 24.4 Å². The Kier molecular flexibility index (Phi) is 8.99. The average Bonchev–Trinajstić information content (AvgIpc) is 3.87. The van der Waals surface area contributed by atoms with E-state index in [0.717, 1.165) is 58.4 Å². The van der Waals surface area contributed by atoms with E-state index >= 15 is 0 Å². The maximum Gasteiger partial charge on any atom is 0.252 e. The third kappa shape index (κ3) is 6.78. The molecular formula is C36H38F3N3O3. The predicted octanol–water partition coefficient (Wildman–Crippen LogP) is 5.96. The Morgan fingerprint density at radius 1 is 0.978 bits per heavy atom. The highest BCUT2D eigenvalue weighted by atomic mass is 19.2. The van der Waals surface area contributed by atoms with Crippen LogP contribution in [-0.2, 0) is 22.6 Å². The van der Waals surface area contributed by atoms with Crippen molar-refractivity contribution in [1.82, 2.24) is 15.1 Å². The Labute approximate surface area is 261 Å². The highest BCUT2D eigenvalue weighted by Gasteiger charge is 2.43. The first-order valence-corrected chi connectivity index (χ1v) is 15.6. The van der Waals surface area contributed by atoms with Crippen LogP contribution in [0.15, 0.2) is 66.2 Å². The summed E-state index contributed by atoms with van der Waals surface area (Å²) in [4.78, 5) is 30.8. The lowest BCUT2D eigenvalue weighted by Gasteiger charge is -2.44. The molecule has 3 aromatic carbocycles. The Hall–Kier alpha value is -4.11. The second kappa shape index (κ2) is 13.1. The van der Waals surface area contributed by atoms with Crippen molar-refractivity contribution in [2.75, 3.05) is 19.7 Å². The molecule has 0 spiro atoms. The fraction of sp³-hybridized carbons (Fsp3) is 0.389. The first-order chi connectivity index (χ1) is 21.7. The molecule has 2 amide bonds. The van der Waals surface area contributed by atoms with Crippen LogP contribution in [0.1, 0.15) is 54.9 Å². The number of hydrogen-bond acceptors (Lipinski definition) is 4. The number of hydrogen-bond donors (Lipinski definition) is 1. The molecule has 2 bridgehead atoms. The molecule has 2 aliphatic heterocycles. The number of nitrogens with one attached hydrogen (secondary N) is 1. The van der Waals surface area contributed by atoms with E-state index in [9.17, 15) is 22.8 Å². The number of halogens is 3. The summed E-state index contributed by atoms with van der Waals surface area (Å²) in [7, 11) is 0. The highest BCUT2D eigenvalue weighted by Crippen LogP contribution is 2.37. The smallest absolute Gasteiger partial charge is 0.252 e. The highest BCUT2D eigenvalue weighted by molar-refractivity contribution is 6.03. The van der Waals surface area contributed by atoms with E-state index in [4.69, 9.17) is 4.74 Å². The van der Waals surface area contributed by atoms with Crippen LogP contribution in [0.25, 0.3) is 5.57 Å². The molecule has 3 aromatic rings. The number of piperazine rings is 1. The molecule has 2 atom stereocenters. The molecule has 45 heavy (non-hydrogen) atoms. The molecule has 1 aliphatic carbocycles. The zero-order valence-electron chi connectivity index (χ0n) is 25.6. The van der Waals surface area contributed by atoms with Crippen molar-refractivity contribution >= 4 is 17.4 Å². The van der Waals surface area contributed by atoms with E-state index in [-0.39, 0.29) is 36.5 Å². The number of carbonyl (C=O) groups is 2. The van der Waals surface area contributed by atoms with Crippen LogP contribution in [0.3, 0.4) is 0 Å². The van der Waals surface area contributed by atoms with Gasteiger partial charge in [0.05, 0.1) is 12.6 Å². The monoisotopic (exact) mass is 617 g/mol. The van der Waals surface area contributed by atoms with Crippen molar-refractivity contribution in [1.29, 1.82) is 0 Å². The topological polar surface area (TPSA) is 61.9 Å². The summed E-state index contributed by atoms with van der Waals surface area (Å²) in [5.41, 5.74) is 6.01. The summed E-state index contributed by atoms with van der Waals surface area (Å²) in [6.45, 7) is 5.27. The Morgan fingerprint density at radius 3 is 2.42 bits per heavy atom.